The molecular formula is C12H24N2O. The van der Waals surface area contributed by atoms with Crippen LogP contribution in [0.15, 0.2) is 0 Å². The zero-order valence-electron chi connectivity index (χ0n) is 9.98. The fourth-order valence-electron chi connectivity index (χ4n) is 3.33. The maximum atomic E-state index is 5.84. The molecule has 0 aromatic rings. The maximum Gasteiger partial charge on any atom is 0.0703 e. The van der Waals surface area contributed by atoms with Crippen molar-refractivity contribution in [3.63, 3.8) is 0 Å². The van der Waals surface area contributed by atoms with E-state index in [1.54, 1.807) is 0 Å². The van der Waals surface area contributed by atoms with Gasteiger partial charge in [0, 0.05) is 18.7 Å². The quantitative estimate of drug-likeness (QED) is 0.764. The minimum atomic E-state index is 0.397. The highest BCUT2D eigenvalue weighted by Crippen LogP contribution is 2.32. The lowest BCUT2D eigenvalue weighted by Gasteiger charge is -2.35. The summed E-state index contributed by atoms with van der Waals surface area (Å²) in [4.78, 5) is 2.54. The molecule has 1 aliphatic heterocycles. The van der Waals surface area contributed by atoms with E-state index in [0.29, 0.717) is 24.1 Å². The van der Waals surface area contributed by atoms with Crippen molar-refractivity contribution in [1.29, 1.82) is 0 Å². The minimum absolute atomic E-state index is 0.397. The molecule has 0 spiro atoms. The molecule has 0 aromatic carbocycles. The number of hydrogen-bond acceptors (Lipinski definition) is 3. The highest BCUT2D eigenvalue weighted by Gasteiger charge is 2.36. The Bertz CT molecular complexity index is 210. The van der Waals surface area contributed by atoms with Crippen molar-refractivity contribution in [2.45, 2.75) is 50.8 Å². The molecule has 0 aromatic heterocycles. The molecule has 4 atom stereocenters. The Morgan fingerprint density at radius 1 is 1.27 bits per heavy atom. The molecule has 2 rings (SSSR count). The monoisotopic (exact) mass is 212 g/mol. The lowest BCUT2D eigenvalue weighted by atomic mass is 9.99. The van der Waals surface area contributed by atoms with Gasteiger partial charge in [0.25, 0.3) is 0 Å². The maximum absolute atomic E-state index is 5.84. The van der Waals surface area contributed by atoms with Crippen LogP contribution in [0.5, 0.6) is 0 Å². The summed E-state index contributed by atoms with van der Waals surface area (Å²) in [5, 5.41) is 0. The summed E-state index contributed by atoms with van der Waals surface area (Å²) in [6.45, 7) is 3.97. The van der Waals surface area contributed by atoms with Crippen LogP contribution in [0.3, 0.4) is 0 Å². The van der Waals surface area contributed by atoms with Gasteiger partial charge in [-0.15, -0.1) is 0 Å². The van der Waals surface area contributed by atoms with Gasteiger partial charge in [-0.2, -0.15) is 0 Å². The van der Waals surface area contributed by atoms with E-state index >= 15 is 0 Å². The van der Waals surface area contributed by atoms with Crippen molar-refractivity contribution in [1.82, 2.24) is 4.90 Å². The molecular weight excluding hydrogens is 188 g/mol. The van der Waals surface area contributed by atoms with Gasteiger partial charge in [-0.3, -0.25) is 4.90 Å². The van der Waals surface area contributed by atoms with E-state index in [4.69, 9.17) is 10.5 Å². The second-order valence-electron chi connectivity index (χ2n) is 5.09. The van der Waals surface area contributed by atoms with E-state index < -0.39 is 0 Å². The van der Waals surface area contributed by atoms with Gasteiger partial charge in [0.2, 0.25) is 0 Å². The second-order valence-corrected chi connectivity index (χ2v) is 5.09. The topological polar surface area (TPSA) is 38.5 Å². The first-order valence-electron chi connectivity index (χ1n) is 6.27. The zero-order chi connectivity index (χ0) is 10.8. The highest BCUT2D eigenvalue weighted by atomic mass is 16.5. The van der Waals surface area contributed by atoms with Gasteiger partial charge in [-0.05, 0) is 45.7 Å². The predicted octanol–water partition coefficient (Wildman–Crippen LogP) is 1.22. The van der Waals surface area contributed by atoms with Gasteiger partial charge in [0.1, 0.15) is 0 Å². The normalized spacial score (nSPS) is 41.6. The summed E-state index contributed by atoms with van der Waals surface area (Å²) in [7, 11) is 2.26. The third kappa shape index (κ3) is 2.19. The van der Waals surface area contributed by atoms with Crippen LogP contribution in [0.1, 0.15) is 32.6 Å². The Labute approximate surface area is 93.0 Å². The number of ether oxygens (including phenoxy) is 1. The molecule has 15 heavy (non-hydrogen) atoms. The van der Waals surface area contributed by atoms with E-state index in [1.165, 1.54) is 25.7 Å². The Morgan fingerprint density at radius 3 is 2.67 bits per heavy atom. The number of nitrogens with zero attached hydrogens (tertiary/aromatic N) is 1. The lowest BCUT2D eigenvalue weighted by molar-refractivity contribution is 0.0594. The van der Waals surface area contributed by atoms with E-state index in [9.17, 15) is 0 Å². The fourth-order valence-corrected chi connectivity index (χ4v) is 3.33. The van der Waals surface area contributed by atoms with Crippen LogP contribution in [0.4, 0.5) is 0 Å². The van der Waals surface area contributed by atoms with Gasteiger partial charge in [-0.1, -0.05) is 6.42 Å². The number of hydrogen-bond donors (Lipinski definition) is 1. The fraction of sp³-hybridized carbons (Fsp3) is 1.00. The Balaban J connectivity index is 1.97. The number of nitrogens with two attached hydrogens (primary N) is 1. The number of likely N-dealkylation sites (N-methyl/N-ethyl adjacent to an activating group) is 1. The first-order chi connectivity index (χ1) is 7.24. The highest BCUT2D eigenvalue weighted by molar-refractivity contribution is 4.90. The largest absolute Gasteiger partial charge is 0.377 e. The van der Waals surface area contributed by atoms with Gasteiger partial charge in [-0.25, -0.2) is 0 Å². The average molecular weight is 212 g/mol. The minimum Gasteiger partial charge on any atom is -0.377 e. The standard InChI is InChI=1S/C12H24N2O/c1-9-11(6-7-15-9)14(2)12-5-3-4-10(12)8-13/h9-12H,3-8,13H2,1-2H3. The second kappa shape index (κ2) is 4.81. The van der Waals surface area contributed by atoms with E-state index in [2.05, 4.69) is 18.9 Å². The van der Waals surface area contributed by atoms with Gasteiger partial charge in [0.15, 0.2) is 0 Å². The van der Waals surface area contributed by atoms with Crippen LogP contribution < -0.4 is 5.73 Å². The number of rotatable bonds is 3. The molecule has 0 amide bonds. The van der Waals surface area contributed by atoms with Crippen molar-refractivity contribution in [2.75, 3.05) is 20.2 Å². The summed E-state index contributed by atoms with van der Waals surface area (Å²) in [5.41, 5.74) is 5.84. The van der Waals surface area contributed by atoms with Crippen LogP contribution >= 0.6 is 0 Å². The Kier molecular flexibility index (Phi) is 3.65. The third-order valence-electron chi connectivity index (χ3n) is 4.30. The van der Waals surface area contributed by atoms with Crippen molar-refractivity contribution >= 4 is 0 Å². The molecule has 2 aliphatic rings. The molecule has 1 saturated heterocycles. The van der Waals surface area contributed by atoms with Crippen LogP contribution in [-0.2, 0) is 4.74 Å². The summed E-state index contributed by atoms with van der Waals surface area (Å²) in [6.07, 6.45) is 5.56. The molecule has 0 radical (unpaired) electrons. The van der Waals surface area contributed by atoms with Gasteiger partial charge < -0.3 is 10.5 Å². The van der Waals surface area contributed by atoms with Crippen molar-refractivity contribution in [3.8, 4) is 0 Å². The predicted molar refractivity (Wildman–Crippen MR) is 61.8 cm³/mol. The molecule has 4 unspecified atom stereocenters. The zero-order valence-corrected chi connectivity index (χ0v) is 9.98. The van der Waals surface area contributed by atoms with Crippen LogP contribution in [0.2, 0.25) is 0 Å². The first-order valence-corrected chi connectivity index (χ1v) is 6.27. The van der Waals surface area contributed by atoms with E-state index in [-0.39, 0.29) is 0 Å². The van der Waals surface area contributed by atoms with Crippen molar-refractivity contribution in [2.24, 2.45) is 11.7 Å². The lowest BCUT2D eigenvalue weighted by Crippen LogP contribution is -2.46. The average Bonchev–Trinajstić information content (AvgIpc) is 2.84. The van der Waals surface area contributed by atoms with E-state index in [0.717, 1.165) is 13.2 Å². The summed E-state index contributed by atoms with van der Waals surface area (Å²) in [6, 6.07) is 1.31. The van der Waals surface area contributed by atoms with Crippen LogP contribution in [0, 0.1) is 5.92 Å². The molecule has 88 valence electrons. The molecule has 2 fully saturated rings. The summed E-state index contributed by atoms with van der Waals surface area (Å²) >= 11 is 0. The first kappa shape index (κ1) is 11.4. The van der Waals surface area contributed by atoms with Crippen LogP contribution in [0.25, 0.3) is 0 Å². The van der Waals surface area contributed by atoms with Gasteiger partial charge in [0.05, 0.1) is 6.10 Å². The summed E-state index contributed by atoms with van der Waals surface area (Å²) in [5.74, 6) is 0.711. The molecule has 3 heteroatoms. The Morgan fingerprint density at radius 2 is 2.07 bits per heavy atom. The summed E-state index contributed by atoms with van der Waals surface area (Å²) < 4.78 is 5.64. The smallest absolute Gasteiger partial charge is 0.0703 e. The molecule has 1 saturated carbocycles. The molecule has 1 aliphatic carbocycles. The van der Waals surface area contributed by atoms with Gasteiger partial charge >= 0.3 is 0 Å². The van der Waals surface area contributed by atoms with Crippen LogP contribution in [-0.4, -0.2) is 43.3 Å². The Hall–Kier alpha value is -0.120. The molecule has 1 heterocycles. The molecule has 0 bridgehead atoms. The molecule has 2 N–H and O–H groups in total. The third-order valence-corrected chi connectivity index (χ3v) is 4.30. The molecule has 3 nitrogen and oxygen atoms in total. The van der Waals surface area contributed by atoms with E-state index in [1.807, 2.05) is 0 Å². The van der Waals surface area contributed by atoms with Crippen molar-refractivity contribution in [3.05, 3.63) is 0 Å². The SMILES string of the molecule is CC1OCCC1N(C)C1CCCC1CN. The van der Waals surface area contributed by atoms with Crippen molar-refractivity contribution < 1.29 is 4.74 Å².